The Morgan fingerprint density at radius 3 is 2.39 bits per heavy atom. The maximum Gasteiger partial charge on any atom is 0.246 e. The number of hydrogen-bond donors (Lipinski definition) is 1. The molecule has 0 unspecified atom stereocenters. The van der Waals surface area contributed by atoms with Crippen molar-refractivity contribution < 1.29 is 14.2 Å². The third kappa shape index (κ3) is 4.31. The number of rotatable bonds is 7. The smallest absolute Gasteiger partial charge is 0.246 e. The lowest BCUT2D eigenvalue weighted by Gasteiger charge is -2.12. The van der Waals surface area contributed by atoms with E-state index in [0.717, 1.165) is 22.4 Å². The Kier molecular flexibility index (Phi) is 5.55. The number of methoxy groups -OCH3 is 2. The summed E-state index contributed by atoms with van der Waals surface area (Å²) in [6, 6.07) is 19.4. The maximum absolute atomic E-state index is 6.06. The normalized spacial score (nSPS) is 10.8. The molecule has 0 aliphatic heterocycles. The molecule has 0 aliphatic carbocycles. The summed E-state index contributed by atoms with van der Waals surface area (Å²) in [7, 11) is 3.10. The zero-order valence-corrected chi connectivity index (χ0v) is 18.1. The Bertz CT molecular complexity index is 1370. The van der Waals surface area contributed by atoms with Crippen molar-refractivity contribution in [3.05, 3.63) is 84.4 Å². The second kappa shape index (κ2) is 8.96. The van der Waals surface area contributed by atoms with Gasteiger partial charge < -0.3 is 19.2 Å². The number of ether oxygens (including phenoxy) is 3. The van der Waals surface area contributed by atoms with Crippen LogP contribution in [0.2, 0.25) is 0 Å². The van der Waals surface area contributed by atoms with E-state index in [1.165, 1.54) is 0 Å². The second-order valence-corrected chi connectivity index (χ2v) is 7.24. The fraction of sp³-hybridized carbons (Fsp3) is 0.120. The molecule has 3 heterocycles. The van der Waals surface area contributed by atoms with Gasteiger partial charge in [0.05, 0.1) is 30.8 Å². The molecule has 0 amide bonds. The van der Waals surface area contributed by atoms with Crippen molar-refractivity contribution in [2.24, 2.45) is 0 Å². The Balaban J connectivity index is 1.37. The number of para-hydroxylation sites is 2. The van der Waals surface area contributed by atoms with E-state index in [0.29, 0.717) is 41.1 Å². The Hall–Kier alpha value is -4.46. The lowest BCUT2D eigenvalue weighted by Crippen LogP contribution is -1.99. The van der Waals surface area contributed by atoms with Gasteiger partial charge in [0.1, 0.15) is 17.3 Å². The van der Waals surface area contributed by atoms with Crippen LogP contribution in [-0.4, -0.2) is 39.1 Å². The van der Waals surface area contributed by atoms with Crippen molar-refractivity contribution in [1.82, 2.24) is 24.9 Å². The second-order valence-electron chi connectivity index (χ2n) is 7.24. The number of nitrogens with one attached hydrogen (secondary N) is 1. The number of nitrogens with zero attached hydrogens (tertiary/aromatic N) is 4. The molecule has 8 heteroatoms. The molecular weight excluding hydrogens is 418 g/mol. The molecule has 0 saturated heterocycles. The van der Waals surface area contributed by atoms with Crippen molar-refractivity contribution in [3.63, 3.8) is 0 Å². The van der Waals surface area contributed by atoms with Gasteiger partial charge in [0, 0.05) is 24.9 Å². The third-order valence-electron chi connectivity index (χ3n) is 5.10. The van der Waals surface area contributed by atoms with Gasteiger partial charge in [-0.05, 0) is 35.9 Å². The Labute approximate surface area is 190 Å². The zero-order chi connectivity index (χ0) is 22.6. The van der Waals surface area contributed by atoms with Gasteiger partial charge in [-0.15, -0.1) is 0 Å². The predicted molar refractivity (Wildman–Crippen MR) is 124 cm³/mol. The lowest BCUT2D eigenvalue weighted by molar-refractivity contribution is 0.365. The number of aromatic amines is 1. The van der Waals surface area contributed by atoms with Gasteiger partial charge >= 0.3 is 0 Å². The topological polar surface area (TPSA) is 95.0 Å². The number of fused-ring (bicyclic) bond motifs is 1. The summed E-state index contributed by atoms with van der Waals surface area (Å²) in [6.45, 7) is 0. The van der Waals surface area contributed by atoms with Crippen LogP contribution in [0.4, 0.5) is 0 Å². The van der Waals surface area contributed by atoms with Crippen LogP contribution in [0, 0.1) is 0 Å². The summed E-state index contributed by atoms with van der Waals surface area (Å²) in [6.07, 6.45) is 3.88. The highest BCUT2D eigenvalue weighted by Gasteiger charge is 2.17. The number of imidazole rings is 1. The van der Waals surface area contributed by atoms with Crippen molar-refractivity contribution in [2.45, 2.75) is 6.42 Å². The first-order valence-electron chi connectivity index (χ1n) is 10.3. The van der Waals surface area contributed by atoms with E-state index in [-0.39, 0.29) is 0 Å². The van der Waals surface area contributed by atoms with E-state index in [4.69, 9.17) is 14.2 Å². The molecule has 8 nitrogen and oxygen atoms in total. The van der Waals surface area contributed by atoms with Crippen LogP contribution in [0.5, 0.6) is 23.4 Å². The van der Waals surface area contributed by atoms with E-state index in [2.05, 4.69) is 24.9 Å². The van der Waals surface area contributed by atoms with Gasteiger partial charge in [0.15, 0.2) is 0 Å². The zero-order valence-electron chi connectivity index (χ0n) is 18.1. The third-order valence-corrected chi connectivity index (χ3v) is 5.10. The molecule has 5 aromatic rings. The highest BCUT2D eigenvalue weighted by atomic mass is 16.5. The lowest BCUT2D eigenvalue weighted by atomic mass is 10.1. The largest absolute Gasteiger partial charge is 0.481 e. The molecule has 2 aromatic carbocycles. The molecule has 3 aromatic heterocycles. The number of aromatic nitrogens is 5. The Morgan fingerprint density at radius 2 is 1.61 bits per heavy atom. The van der Waals surface area contributed by atoms with Gasteiger partial charge in [-0.25, -0.2) is 15.0 Å². The highest BCUT2D eigenvalue weighted by molar-refractivity contribution is 5.74. The predicted octanol–water partition coefficient (Wildman–Crippen LogP) is 4.82. The molecule has 0 spiro atoms. The van der Waals surface area contributed by atoms with Gasteiger partial charge in [0.2, 0.25) is 17.6 Å². The van der Waals surface area contributed by atoms with Crippen LogP contribution in [-0.2, 0) is 6.42 Å². The quantitative estimate of drug-likeness (QED) is 0.389. The molecule has 0 bridgehead atoms. The summed E-state index contributed by atoms with van der Waals surface area (Å²) in [4.78, 5) is 21.1. The van der Waals surface area contributed by atoms with Crippen molar-refractivity contribution in [3.8, 4) is 34.6 Å². The average Bonchev–Trinajstić information content (AvgIpc) is 3.27. The summed E-state index contributed by atoms with van der Waals surface area (Å²) in [5.41, 5.74) is 4.29. The van der Waals surface area contributed by atoms with Crippen LogP contribution in [0.1, 0.15) is 11.4 Å². The van der Waals surface area contributed by atoms with Crippen LogP contribution in [0.25, 0.3) is 22.3 Å². The fourth-order valence-corrected chi connectivity index (χ4v) is 3.53. The molecule has 0 radical (unpaired) electrons. The van der Waals surface area contributed by atoms with E-state index < -0.39 is 0 Å². The number of H-pyrrole nitrogens is 1. The molecule has 0 atom stereocenters. The van der Waals surface area contributed by atoms with Crippen molar-refractivity contribution in [1.29, 1.82) is 0 Å². The minimum Gasteiger partial charge on any atom is -0.481 e. The minimum absolute atomic E-state index is 0.354. The van der Waals surface area contributed by atoms with Crippen LogP contribution in [0.3, 0.4) is 0 Å². The Morgan fingerprint density at radius 1 is 0.788 bits per heavy atom. The van der Waals surface area contributed by atoms with E-state index >= 15 is 0 Å². The molecule has 0 saturated carbocycles. The first-order chi connectivity index (χ1) is 16.2. The minimum atomic E-state index is 0.354. The van der Waals surface area contributed by atoms with Crippen molar-refractivity contribution >= 4 is 11.0 Å². The molecule has 1 N–H and O–H groups in total. The summed E-state index contributed by atoms with van der Waals surface area (Å²) >= 11 is 0. The van der Waals surface area contributed by atoms with E-state index in [1.54, 1.807) is 32.7 Å². The first kappa shape index (κ1) is 20.4. The van der Waals surface area contributed by atoms with Crippen LogP contribution < -0.4 is 14.2 Å². The molecule has 0 aliphatic rings. The van der Waals surface area contributed by atoms with E-state index in [1.807, 2.05) is 54.6 Å². The maximum atomic E-state index is 6.06. The van der Waals surface area contributed by atoms with Gasteiger partial charge in [-0.1, -0.05) is 24.3 Å². The highest BCUT2D eigenvalue weighted by Crippen LogP contribution is 2.35. The van der Waals surface area contributed by atoms with Crippen molar-refractivity contribution in [2.75, 3.05) is 14.2 Å². The molecule has 33 heavy (non-hydrogen) atoms. The van der Waals surface area contributed by atoms with Gasteiger partial charge in [0.25, 0.3) is 0 Å². The average molecular weight is 439 g/mol. The number of benzene rings is 2. The van der Waals surface area contributed by atoms with Gasteiger partial charge in [-0.2, -0.15) is 4.98 Å². The van der Waals surface area contributed by atoms with Crippen LogP contribution >= 0.6 is 0 Å². The van der Waals surface area contributed by atoms with Gasteiger partial charge in [-0.3, -0.25) is 0 Å². The van der Waals surface area contributed by atoms with Crippen LogP contribution in [0.15, 0.2) is 73.1 Å². The number of pyridine rings is 1. The molecular formula is C25H21N5O3. The number of hydrogen-bond acceptors (Lipinski definition) is 7. The monoisotopic (exact) mass is 439 g/mol. The fourth-order valence-electron chi connectivity index (χ4n) is 3.53. The molecule has 164 valence electrons. The first-order valence-corrected chi connectivity index (χ1v) is 10.3. The summed E-state index contributed by atoms with van der Waals surface area (Å²) in [5, 5.41) is 0. The van der Waals surface area contributed by atoms with E-state index in [9.17, 15) is 0 Å². The molecule has 5 rings (SSSR count). The SMILES string of the molecule is COc1ccc(-c2nccnc2Oc2ccc(Cc3nc4ccccc4[nH]3)cc2)c(OC)n1. The summed E-state index contributed by atoms with van der Waals surface area (Å²) in [5.74, 6) is 2.74. The molecule has 0 fully saturated rings. The standard InChI is InChI=1S/C25H21N5O3/c1-31-22-12-11-18(24(30-22)32-2)23-25(27-14-13-26-23)33-17-9-7-16(8-10-17)15-21-28-19-5-3-4-6-20(19)29-21/h3-14H,15H2,1-2H3,(H,28,29). The summed E-state index contributed by atoms with van der Waals surface area (Å²) < 4.78 is 16.7.